The molecule has 1 aliphatic carbocycles. The summed E-state index contributed by atoms with van der Waals surface area (Å²) in [6, 6.07) is 0. The first-order valence-electron chi connectivity index (χ1n) is 3.85. The molecular formula is C9H15N. The van der Waals surface area contributed by atoms with Gasteiger partial charge in [-0.3, -0.25) is 0 Å². The molecule has 0 radical (unpaired) electrons. The Morgan fingerprint density at radius 3 is 2.60 bits per heavy atom. The first-order chi connectivity index (χ1) is 4.74. The molecule has 0 atom stereocenters. The minimum atomic E-state index is 1.03. The number of hydrogen-bond donors (Lipinski definition) is 1. The summed E-state index contributed by atoms with van der Waals surface area (Å²) >= 11 is 0. The van der Waals surface area contributed by atoms with Crippen LogP contribution in [0, 0.1) is 0 Å². The van der Waals surface area contributed by atoms with Crippen LogP contribution < -0.4 is 5.32 Å². The van der Waals surface area contributed by atoms with Crippen molar-refractivity contribution >= 4 is 0 Å². The first-order valence-corrected chi connectivity index (χ1v) is 3.85. The van der Waals surface area contributed by atoms with E-state index in [1.54, 1.807) is 0 Å². The van der Waals surface area contributed by atoms with Gasteiger partial charge in [0.2, 0.25) is 0 Å². The summed E-state index contributed by atoms with van der Waals surface area (Å²) in [5.74, 6) is 0. The molecule has 1 heteroatoms. The van der Waals surface area contributed by atoms with E-state index < -0.39 is 0 Å². The molecule has 0 heterocycles. The van der Waals surface area contributed by atoms with Gasteiger partial charge in [-0.2, -0.15) is 0 Å². The van der Waals surface area contributed by atoms with Crippen LogP contribution in [0.4, 0.5) is 0 Å². The van der Waals surface area contributed by atoms with Gasteiger partial charge < -0.3 is 5.32 Å². The maximum Gasteiger partial charge on any atom is 0.0150 e. The van der Waals surface area contributed by atoms with E-state index in [-0.39, 0.29) is 0 Å². The quantitative estimate of drug-likeness (QED) is 0.615. The van der Waals surface area contributed by atoms with Crippen molar-refractivity contribution < 1.29 is 0 Å². The number of allylic oxidation sites excluding steroid dienone is 3. The van der Waals surface area contributed by atoms with Crippen LogP contribution in [0.3, 0.4) is 0 Å². The summed E-state index contributed by atoms with van der Waals surface area (Å²) in [7, 11) is 0. The third-order valence-electron chi connectivity index (χ3n) is 1.92. The Kier molecular flexibility index (Phi) is 2.15. The van der Waals surface area contributed by atoms with Crippen LogP contribution >= 0.6 is 0 Å². The van der Waals surface area contributed by atoms with Crippen LogP contribution in [0.15, 0.2) is 22.9 Å². The van der Waals surface area contributed by atoms with Gasteiger partial charge in [-0.15, -0.1) is 0 Å². The largest absolute Gasteiger partial charge is 0.388 e. The highest BCUT2D eigenvalue weighted by Gasteiger charge is 2.06. The Balaban J connectivity index is 2.52. The molecule has 56 valence electrons. The molecule has 10 heavy (non-hydrogen) atoms. The van der Waals surface area contributed by atoms with Crippen molar-refractivity contribution in [2.45, 2.75) is 27.2 Å². The molecule has 0 spiro atoms. The molecule has 0 aromatic rings. The Labute approximate surface area is 62.8 Å². The molecule has 0 unspecified atom stereocenters. The zero-order valence-corrected chi connectivity index (χ0v) is 6.99. The number of nitrogens with one attached hydrogen (secondary N) is 1. The van der Waals surface area contributed by atoms with E-state index >= 15 is 0 Å². The molecule has 0 aromatic carbocycles. The summed E-state index contributed by atoms with van der Waals surface area (Å²) in [5, 5.41) is 3.32. The van der Waals surface area contributed by atoms with Crippen LogP contribution in [0.5, 0.6) is 0 Å². The van der Waals surface area contributed by atoms with Gasteiger partial charge in [0.15, 0.2) is 0 Å². The average molecular weight is 137 g/mol. The van der Waals surface area contributed by atoms with Gasteiger partial charge in [0.1, 0.15) is 0 Å². The molecule has 0 aliphatic heterocycles. The van der Waals surface area contributed by atoms with Gasteiger partial charge in [0.05, 0.1) is 0 Å². The van der Waals surface area contributed by atoms with Crippen molar-refractivity contribution in [3.8, 4) is 0 Å². The van der Waals surface area contributed by atoms with E-state index in [0.29, 0.717) is 0 Å². The summed E-state index contributed by atoms with van der Waals surface area (Å²) < 4.78 is 0. The summed E-state index contributed by atoms with van der Waals surface area (Å²) in [5.41, 5.74) is 4.30. The third-order valence-corrected chi connectivity index (χ3v) is 1.92. The normalized spacial score (nSPS) is 17.7. The van der Waals surface area contributed by atoms with Crippen molar-refractivity contribution in [1.29, 1.82) is 0 Å². The highest BCUT2D eigenvalue weighted by Crippen LogP contribution is 2.21. The maximum absolute atomic E-state index is 3.32. The smallest absolute Gasteiger partial charge is 0.0150 e. The lowest BCUT2D eigenvalue weighted by molar-refractivity contribution is 0.825. The fourth-order valence-corrected chi connectivity index (χ4v) is 1.20. The molecule has 1 rings (SSSR count). The SMILES string of the molecule is CCNC1=CC(C)=C(C)C1. The van der Waals surface area contributed by atoms with E-state index in [9.17, 15) is 0 Å². The van der Waals surface area contributed by atoms with Crippen molar-refractivity contribution in [3.05, 3.63) is 22.9 Å². The van der Waals surface area contributed by atoms with Crippen molar-refractivity contribution in [1.82, 2.24) is 5.32 Å². The zero-order chi connectivity index (χ0) is 7.56. The lowest BCUT2D eigenvalue weighted by Gasteiger charge is -2.02. The molecule has 1 nitrogen and oxygen atoms in total. The van der Waals surface area contributed by atoms with Gasteiger partial charge >= 0.3 is 0 Å². The topological polar surface area (TPSA) is 12.0 Å². The standard InChI is InChI=1S/C9H15N/c1-4-10-9-5-7(2)8(3)6-9/h5,10H,4,6H2,1-3H3. The fourth-order valence-electron chi connectivity index (χ4n) is 1.20. The predicted molar refractivity (Wildman–Crippen MR) is 44.8 cm³/mol. The third kappa shape index (κ3) is 1.41. The van der Waals surface area contributed by atoms with Crippen molar-refractivity contribution in [2.24, 2.45) is 0 Å². The second kappa shape index (κ2) is 2.91. The minimum Gasteiger partial charge on any atom is -0.388 e. The molecule has 0 fully saturated rings. The van der Waals surface area contributed by atoms with E-state index in [1.165, 1.54) is 16.8 Å². The molecule has 0 bridgehead atoms. The van der Waals surface area contributed by atoms with E-state index in [0.717, 1.165) is 13.0 Å². The Morgan fingerprint density at radius 1 is 1.50 bits per heavy atom. The van der Waals surface area contributed by atoms with Crippen LogP contribution in [0.1, 0.15) is 27.2 Å². The van der Waals surface area contributed by atoms with Gasteiger partial charge in [0, 0.05) is 18.7 Å². The molecule has 0 amide bonds. The zero-order valence-electron chi connectivity index (χ0n) is 6.99. The molecule has 1 aliphatic rings. The average Bonchev–Trinajstić information content (AvgIpc) is 2.14. The van der Waals surface area contributed by atoms with E-state index in [2.05, 4.69) is 32.2 Å². The minimum absolute atomic E-state index is 1.03. The molecule has 0 saturated carbocycles. The van der Waals surface area contributed by atoms with Crippen LogP contribution in [0.25, 0.3) is 0 Å². The summed E-state index contributed by atoms with van der Waals surface area (Å²) in [6.45, 7) is 7.52. The maximum atomic E-state index is 3.32. The van der Waals surface area contributed by atoms with Crippen molar-refractivity contribution in [3.63, 3.8) is 0 Å². The molecule has 0 aromatic heterocycles. The molecule has 0 saturated heterocycles. The highest BCUT2D eigenvalue weighted by molar-refractivity contribution is 5.35. The van der Waals surface area contributed by atoms with Gasteiger partial charge in [-0.25, -0.2) is 0 Å². The molecular weight excluding hydrogens is 122 g/mol. The van der Waals surface area contributed by atoms with E-state index in [1.807, 2.05) is 0 Å². The summed E-state index contributed by atoms with van der Waals surface area (Å²) in [4.78, 5) is 0. The van der Waals surface area contributed by atoms with E-state index in [4.69, 9.17) is 0 Å². The monoisotopic (exact) mass is 137 g/mol. The van der Waals surface area contributed by atoms with Crippen molar-refractivity contribution in [2.75, 3.05) is 6.54 Å². The summed E-state index contributed by atoms with van der Waals surface area (Å²) in [6.07, 6.45) is 3.36. The van der Waals surface area contributed by atoms with Crippen LogP contribution in [-0.4, -0.2) is 6.54 Å². The second-order valence-corrected chi connectivity index (χ2v) is 2.84. The lowest BCUT2D eigenvalue weighted by atomic mass is 10.2. The molecule has 1 N–H and O–H groups in total. The van der Waals surface area contributed by atoms with Gasteiger partial charge in [-0.1, -0.05) is 11.1 Å². The predicted octanol–water partition coefficient (Wildman–Crippen LogP) is 2.22. The Bertz CT molecular complexity index is 187. The number of hydrogen-bond acceptors (Lipinski definition) is 1. The van der Waals surface area contributed by atoms with Gasteiger partial charge in [0.25, 0.3) is 0 Å². The lowest BCUT2D eigenvalue weighted by Crippen LogP contribution is -2.10. The van der Waals surface area contributed by atoms with Gasteiger partial charge in [-0.05, 0) is 26.8 Å². The number of rotatable bonds is 2. The Morgan fingerprint density at radius 2 is 2.20 bits per heavy atom. The van der Waals surface area contributed by atoms with Crippen LogP contribution in [0.2, 0.25) is 0 Å². The Hall–Kier alpha value is -0.720. The highest BCUT2D eigenvalue weighted by atomic mass is 14.9. The first kappa shape index (κ1) is 7.39. The fraction of sp³-hybridized carbons (Fsp3) is 0.556. The second-order valence-electron chi connectivity index (χ2n) is 2.84. The van der Waals surface area contributed by atoms with Crippen LogP contribution in [-0.2, 0) is 0 Å².